The number of alkyl halides is 7. The third-order valence-corrected chi connectivity index (χ3v) is 3.08. The Morgan fingerprint density at radius 2 is 1.27 bits per heavy atom. The lowest BCUT2D eigenvalue weighted by atomic mass is 9.89. The first kappa shape index (κ1) is 12.6. The van der Waals surface area contributed by atoms with E-state index >= 15 is 0 Å². The van der Waals surface area contributed by atoms with E-state index in [-0.39, 0.29) is 0 Å². The van der Waals surface area contributed by atoms with Crippen LogP contribution in [0.2, 0.25) is 0 Å². The minimum atomic E-state index is -5.65. The number of hydrogen-bond donors (Lipinski definition) is 0. The van der Waals surface area contributed by atoms with Gasteiger partial charge in [0, 0.05) is 0 Å². The molecule has 0 saturated heterocycles. The molecular formula is C8H9F7. The van der Waals surface area contributed by atoms with Crippen LogP contribution in [-0.2, 0) is 0 Å². The molecule has 0 heterocycles. The highest BCUT2D eigenvalue weighted by Crippen LogP contribution is 2.66. The van der Waals surface area contributed by atoms with Crippen LogP contribution in [0.25, 0.3) is 0 Å². The van der Waals surface area contributed by atoms with Crippen molar-refractivity contribution in [2.75, 3.05) is 0 Å². The van der Waals surface area contributed by atoms with Crippen LogP contribution in [0.5, 0.6) is 0 Å². The fourth-order valence-electron chi connectivity index (χ4n) is 1.83. The third kappa shape index (κ3) is 1.04. The van der Waals surface area contributed by atoms with Crippen LogP contribution in [0, 0.1) is 5.92 Å². The molecule has 1 saturated carbocycles. The van der Waals surface area contributed by atoms with Gasteiger partial charge in [-0.25, -0.2) is 4.39 Å². The Bertz CT molecular complexity index is 269. The molecule has 0 bridgehead atoms. The molecule has 0 amide bonds. The molecule has 1 rings (SSSR count). The van der Waals surface area contributed by atoms with Gasteiger partial charge in [-0.3, -0.25) is 0 Å². The number of halogens is 7. The fourth-order valence-corrected chi connectivity index (χ4v) is 1.83. The van der Waals surface area contributed by atoms with Crippen molar-refractivity contribution in [1.29, 1.82) is 0 Å². The van der Waals surface area contributed by atoms with Crippen molar-refractivity contribution in [3.05, 3.63) is 0 Å². The first-order valence-corrected chi connectivity index (χ1v) is 4.29. The standard InChI is InChI=1S/C8H9F7/c1-3-5(9)4(2)6(10,11)8(14,15)7(5,12)13/h4H,3H2,1-2H3. The molecule has 2 unspecified atom stereocenters. The average molecular weight is 238 g/mol. The second-order valence-corrected chi connectivity index (χ2v) is 3.71. The number of rotatable bonds is 1. The minimum Gasteiger partial charge on any atom is -0.236 e. The van der Waals surface area contributed by atoms with Crippen LogP contribution in [0.3, 0.4) is 0 Å². The van der Waals surface area contributed by atoms with Crippen LogP contribution in [0.1, 0.15) is 20.3 Å². The van der Waals surface area contributed by atoms with Gasteiger partial charge in [0.1, 0.15) is 0 Å². The minimum absolute atomic E-state index is 0.373. The first-order chi connectivity index (χ1) is 6.47. The molecule has 0 nitrogen and oxygen atoms in total. The highest BCUT2D eigenvalue weighted by molar-refractivity contribution is 5.20. The normalized spacial score (nSPS) is 41.8. The predicted octanol–water partition coefficient (Wildman–Crippen LogP) is 3.66. The van der Waals surface area contributed by atoms with Gasteiger partial charge in [0.25, 0.3) is 0 Å². The largest absolute Gasteiger partial charge is 0.375 e. The SMILES string of the molecule is CCC1(F)C(C)C(F)(F)C(F)(F)C1(F)F. The Hall–Kier alpha value is -0.490. The summed E-state index contributed by atoms with van der Waals surface area (Å²) in [5, 5.41) is 0. The van der Waals surface area contributed by atoms with E-state index in [9.17, 15) is 30.7 Å². The van der Waals surface area contributed by atoms with Gasteiger partial charge in [-0.1, -0.05) is 13.8 Å². The summed E-state index contributed by atoms with van der Waals surface area (Å²) in [4.78, 5) is 0. The van der Waals surface area contributed by atoms with Gasteiger partial charge < -0.3 is 0 Å². The van der Waals surface area contributed by atoms with Crippen LogP contribution in [0.4, 0.5) is 30.7 Å². The second-order valence-electron chi connectivity index (χ2n) is 3.71. The molecule has 0 aromatic carbocycles. The van der Waals surface area contributed by atoms with Crippen LogP contribution in [0.15, 0.2) is 0 Å². The van der Waals surface area contributed by atoms with Gasteiger partial charge in [0.15, 0.2) is 5.67 Å². The van der Waals surface area contributed by atoms with E-state index in [2.05, 4.69) is 0 Å². The van der Waals surface area contributed by atoms with Crippen molar-refractivity contribution in [1.82, 2.24) is 0 Å². The zero-order chi connectivity index (χ0) is 12.3. The van der Waals surface area contributed by atoms with E-state index in [1.165, 1.54) is 0 Å². The summed E-state index contributed by atoms with van der Waals surface area (Å²) in [5.74, 6) is -18.8. The summed E-state index contributed by atoms with van der Waals surface area (Å²) in [7, 11) is 0. The molecular weight excluding hydrogens is 229 g/mol. The van der Waals surface area contributed by atoms with Crippen molar-refractivity contribution in [2.45, 2.75) is 43.7 Å². The Labute approximate surface area is 81.4 Å². The van der Waals surface area contributed by atoms with Gasteiger partial charge in [0.2, 0.25) is 0 Å². The van der Waals surface area contributed by atoms with Gasteiger partial charge in [0.05, 0.1) is 5.92 Å². The summed E-state index contributed by atoms with van der Waals surface area (Å²) in [6.07, 6.45) is -1.09. The molecule has 0 aliphatic heterocycles. The van der Waals surface area contributed by atoms with E-state index in [1.54, 1.807) is 0 Å². The highest BCUT2D eigenvalue weighted by atomic mass is 19.3. The predicted molar refractivity (Wildman–Crippen MR) is 38.1 cm³/mol. The van der Waals surface area contributed by atoms with E-state index < -0.39 is 35.8 Å². The molecule has 0 N–H and O–H groups in total. The highest BCUT2D eigenvalue weighted by Gasteiger charge is 2.89. The molecule has 1 fully saturated rings. The first-order valence-electron chi connectivity index (χ1n) is 4.29. The van der Waals surface area contributed by atoms with Crippen molar-refractivity contribution in [3.63, 3.8) is 0 Å². The monoisotopic (exact) mass is 238 g/mol. The second kappa shape index (κ2) is 2.79. The summed E-state index contributed by atoms with van der Waals surface area (Å²) in [6.45, 7) is 1.21. The zero-order valence-electron chi connectivity index (χ0n) is 7.93. The summed E-state index contributed by atoms with van der Waals surface area (Å²) >= 11 is 0. The Kier molecular flexibility index (Phi) is 2.34. The van der Waals surface area contributed by atoms with Crippen LogP contribution >= 0.6 is 0 Å². The van der Waals surface area contributed by atoms with Gasteiger partial charge >= 0.3 is 17.8 Å². The van der Waals surface area contributed by atoms with E-state index in [1.807, 2.05) is 0 Å². The van der Waals surface area contributed by atoms with Crippen molar-refractivity contribution >= 4 is 0 Å². The van der Waals surface area contributed by atoms with Crippen LogP contribution < -0.4 is 0 Å². The van der Waals surface area contributed by atoms with E-state index in [0.29, 0.717) is 6.92 Å². The molecule has 7 heteroatoms. The molecule has 0 aromatic rings. The van der Waals surface area contributed by atoms with Gasteiger partial charge in [-0.05, 0) is 6.42 Å². The zero-order valence-corrected chi connectivity index (χ0v) is 7.93. The van der Waals surface area contributed by atoms with Gasteiger partial charge in [-0.2, -0.15) is 26.3 Å². The van der Waals surface area contributed by atoms with Crippen molar-refractivity contribution in [2.24, 2.45) is 5.92 Å². The summed E-state index contributed by atoms with van der Waals surface area (Å²) in [6, 6.07) is 0. The molecule has 2 atom stereocenters. The Morgan fingerprint density at radius 1 is 0.867 bits per heavy atom. The molecule has 15 heavy (non-hydrogen) atoms. The fraction of sp³-hybridized carbons (Fsp3) is 1.00. The topological polar surface area (TPSA) is 0 Å². The molecule has 90 valence electrons. The quantitative estimate of drug-likeness (QED) is 0.611. The maximum absolute atomic E-state index is 13.5. The van der Waals surface area contributed by atoms with E-state index in [0.717, 1.165) is 6.92 Å². The van der Waals surface area contributed by atoms with Crippen molar-refractivity contribution in [3.8, 4) is 0 Å². The average Bonchev–Trinajstić information content (AvgIpc) is 2.18. The van der Waals surface area contributed by atoms with Crippen molar-refractivity contribution < 1.29 is 30.7 Å². The van der Waals surface area contributed by atoms with E-state index in [4.69, 9.17) is 0 Å². The smallest absolute Gasteiger partial charge is 0.236 e. The molecule has 1 aliphatic rings. The lowest BCUT2D eigenvalue weighted by Crippen LogP contribution is -2.52. The number of hydrogen-bond acceptors (Lipinski definition) is 0. The lowest BCUT2D eigenvalue weighted by Gasteiger charge is -2.29. The maximum Gasteiger partial charge on any atom is 0.375 e. The molecule has 0 radical (unpaired) electrons. The molecule has 0 spiro atoms. The molecule has 1 aliphatic carbocycles. The third-order valence-electron chi connectivity index (χ3n) is 3.08. The maximum atomic E-state index is 13.5. The Morgan fingerprint density at radius 3 is 1.40 bits per heavy atom. The molecule has 0 aromatic heterocycles. The summed E-state index contributed by atoms with van der Waals surface area (Å²) < 4.78 is 90.4. The van der Waals surface area contributed by atoms with Gasteiger partial charge in [-0.15, -0.1) is 0 Å². The summed E-state index contributed by atoms with van der Waals surface area (Å²) in [5.41, 5.74) is -3.88. The van der Waals surface area contributed by atoms with Crippen LogP contribution in [-0.4, -0.2) is 23.4 Å². The lowest BCUT2D eigenvalue weighted by molar-refractivity contribution is -0.288. The Balaban J connectivity index is 3.41.